The average Bonchev–Trinajstić information content (AvgIpc) is 2.52. The minimum Gasteiger partial charge on any atom is -0.497 e. The Morgan fingerprint density at radius 3 is 2.52 bits per heavy atom. The maximum Gasteiger partial charge on any atom is 0.573 e. The number of carbonyl (C=O) groups excluding carboxylic acids is 1. The highest BCUT2D eigenvalue weighted by Crippen LogP contribution is 2.35. The molecule has 0 amide bonds. The number of halogens is 3. The molecule has 2 rings (SSSR count). The quantitative estimate of drug-likeness (QED) is 0.804. The fraction of sp³-hybridized carbons (Fsp3) is 0.214. The predicted molar refractivity (Wildman–Crippen MR) is 72.0 cm³/mol. The molecule has 0 saturated heterocycles. The molecule has 9 heteroatoms. The highest BCUT2D eigenvalue weighted by Gasteiger charge is 2.32. The largest absolute Gasteiger partial charge is 0.573 e. The van der Waals surface area contributed by atoms with Crippen molar-refractivity contribution in [3.63, 3.8) is 0 Å². The van der Waals surface area contributed by atoms with E-state index in [0.29, 0.717) is 0 Å². The van der Waals surface area contributed by atoms with E-state index in [9.17, 15) is 18.0 Å². The molecule has 1 aromatic heterocycles. The average molecular weight is 328 g/mol. The first-order valence-electron chi connectivity index (χ1n) is 6.18. The van der Waals surface area contributed by atoms with Crippen LogP contribution in [0.4, 0.5) is 13.2 Å². The van der Waals surface area contributed by atoms with E-state index in [4.69, 9.17) is 4.74 Å². The minimum atomic E-state index is -4.89. The summed E-state index contributed by atoms with van der Waals surface area (Å²) in [6.45, 7) is 0. The molecule has 0 aliphatic carbocycles. The number of ether oxygens (including phenoxy) is 3. The summed E-state index contributed by atoms with van der Waals surface area (Å²) in [5, 5.41) is 0. The van der Waals surface area contributed by atoms with Crippen LogP contribution in [0.15, 0.2) is 30.6 Å². The Hall–Kier alpha value is -2.84. The van der Waals surface area contributed by atoms with Gasteiger partial charge in [0.25, 0.3) is 0 Å². The number of carbonyl (C=O) groups is 1. The fourth-order valence-electron chi connectivity index (χ4n) is 1.75. The second-order valence-corrected chi connectivity index (χ2v) is 4.19. The van der Waals surface area contributed by atoms with Gasteiger partial charge >= 0.3 is 12.3 Å². The number of rotatable bonds is 4. The summed E-state index contributed by atoms with van der Waals surface area (Å²) < 4.78 is 51.1. The van der Waals surface area contributed by atoms with Gasteiger partial charge in [0.15, 0.2) is 5.69 Å². The molecule has 0 bridgehead atoms. The first-order valence-corrected chi connectivity index (χ1v) is 6.18. The summed E-state index contributed by atoms with van der Waals surface area (Å²) in [5.41, 5.74) is -0.116. The van der Waals surface area contributed by atoms with E-state index in [1.54, 1.807) is 0 Å². The second kappa shape index (κ2) is 6.51. The summed E-state index contributed by atoms with van der Waals surface area (Å²) in [7, 11) is 2.46. The SMILES string of the molecule is COC(=O)c1cncc(-c2ccc(OC)cc2OC(F)(F)F)n1. The molecule has 0 aliphatic rings. The van der Waals surface area contributed by atoms with Crippen molar-refractivity contribution in [3.8, 4) is 22.8 Å². The summed E-state index contributed by atoms with van der Waals surface area (Å²) in [6, 6.07) is 3.82. The van der Waals surface area contributed by atoms with Crippen molar-refractivity contribution in [1.29, 1.82) is 0 Å². The van der Waals surface area contributed by atoms with Gasteiger partial charge < -0.3 is 14.2 Å². The number of esters is 1. The highest BCUT2D eigenvalue weighted by atomic mass is 19.4. The molecule has 2 aromatic rings. The normalized spacial score (nSPS) is 11.0. The van der Waals surface area contributed by atoms with Crippen LogP contribution in [0.5, 0.6) is 11.5 Å². The van der Waals surface area contributed by atoms with Gasteiger partial charge in [0, 0.05) is 11.6 Å². The van der Waals surface area contributed by atoms with Crippen molar-refractivity contribution in [2.24, 2.45) is 0 Å². The molecule has 0 spiro atoms. The zero-order chi connectivity index (χ0) is 17.0. The fourth-order valence-corrected chi connectivity index (χ4v) is 1.75. The second-order valence-electron chi connectivity index (χ2n) is 4.19. The number of nitrogens with zero attached hydrogens (tertiary/aromatic N) is 2. The Morgan fingerprint density at radius 1 is 1.17 bits per heavy atom. The van der Waals surface area contributed by atoms with E-state index in [1.807, 2.05) is 0 Å². The Bertz CT molecular complexity index is 719. The lowest BCUT2D eigenvalue weighted by Crippen LogP contribution is -2.18. The summed E-state index contributed by atoms with van der Waals surface area (Å²) in [5.74, 6) is -1.11. The van der Waals surface area contributed by atoms with Crippen molar-refractivity contribution >= 4 is 5.97 Å². The Balaban J connectivity index is 2.52. The number of aromatic nitrogens is 2. The molecule has 0 atom stereocenters. The van der Waals surface area contributed by atoms with Crippen molar-refractivity contribution in [2.45, 2.75) is 6.36 Å². The number of hydrogen-bond donors (Lipinski definition) is 0. The van der Waals surface area contributed by atoms with E-state index in [-0.39, 0.29) is 22.7 Å². The van der Waals surface area contributed by atoms with E-state index in [2.05, 4.69) is 19.4 Å². The molecule has 0 aliphatic heterocycles. The van der Waals surface area contributed by atoms with Crippen molar-refractivity contribution in [1.82, 2.24) is 9.97 Å². The van der Waals surface area contributed by atoms with E-state index in [1.165, 1.54) is 25.4 Å². The van der Waals surface area contributed by atoms with Gasteiger partial charge in [0.1, 0.15) is 11.5 Å². The lowest BCUT2D eigenvalue weighted by atomic mass is 10.1. The third-order valence-electron chi connectivity index (χ3n) is 2.72. The molecule has 0 fully saturated rings. The van der Waals surface area contributed by atoms with Gasteiger partial charge in [-0.25, -0.2) is 9.78 Å². The van der Waals surface area contributed by atoms with Gasteiger partial charge in [-0.15, -0.1) is 13.2 Å². The maximum absolute atomic E-state index is 12.6. The van der Waals surface area contributed by atoms with E-state index >= 15 is 0 Å². The zero-order valence-electron chi connectivity index (χ0n) is 12.0. The van der Waals surface area contributed by atoms with Crippen LogP contribution in [-0.4, -0.2) is 36.5 Å². The summed E-state index contributed by atoms with van der Waals surface area (Å²) >= 11 is 0. The minimum absolute atomic E-state index is 0.00128. The van der Waals surface area contributed by atoms with Crippen LogP contribution in [0, 0.1) is 0 Å². The lowest BCUT2D eigenvalue weighted by Gasteiger charge is -2.14. The molecule has 0 saturated carbocycles. The first-order chi connectivity index (χ1) is 10.8. The molecule has 1 aromatic carbocycles. The number of hydrogen-bond acceptors (Lipinski definition) is 6. The molecule has 0 radical (unpaired) electrons. The van der Waals surface area contributed by atoms with Crippen LogP contribution in [0.3, 0.4) is 0 Å². The summed E-state index contributed by atoms with van der Waals surface area (Å²) in [6.07, 6.45) is -2.55. The third-order valence-corrected chi connectivity index (χ3v) is 2.72. The zero-order valence-corrected chi connectivity index (χ0v) is 12.0. The van der Waals surface area contributed by atoms with Gasteiger partial charge in [-0.1, -0.05) is 0 Å². The van der Waals surface area contributed by atoms with Crippen LogP contribution >= 0.6 is 0 Å². The molecular weight excluding hydrogens is 317 g/mol. The number of benzene rings is 1. The van der Waals surface area contributed by atoms with E-state index in [0.717, 1.165) is 19.4 Å². The Kier molecular flexibility index (Phi) is 4.68. The molecular formula is C14H11F3N2O4. The van der Waals surface area contributed by atoms with Gasteiger partial charge in [0.05, 0.1) is 32.3 Å². The van der Waals surface area contributed by atoms with Crippen molar-refractivity contribution in [2.75, 3.05) is 14.2 Å². The smallest absolute Gasteiger partial charge is 0.497 e. The predicted octanol–water partition coefficient (Wildman–Crippen LogP) is 2.84. The number of methoxy groups -OCH3 is 2. The molecule has 0 N–H and O–H groups in total. The molecule has 0 unspecified atom stereocenters. The molecule has 23 heavy (non-hydrogen) atoms. The highest BCUT2D eigenvalue weighted by molar-refractivity contribution is 5.87. The number of alkyl halides is 3. The standard InChI is InChI=1S/C14H11F3N2O4/c1-21-8-3-4-9(12(5-8)23-14(15,16)17)10-6-18-7-11(19-10)13(20)22-2/h3-7H,1-2H3. The maximum atomic E-state index is 12.6. The van der Waals surface area contributed by atoms with Crippen LogP contribution in [-0.2, 0) is 4.74 Å². The molecule has 1 heterocycles. The van der Waals surface area contributed by atoms with E-state index < -0.39 is 18.1 Å². The Labute approximate surface area is 128 Å². The van der Waals surface area contributed by atoms with Crippen LogP contribution in [0.25, 0.3) is 11.3 Å². The van der Waals surface area contributed by atoms with Crippen LogP contribution in [0.1, 0.15) is 10.5 Å². The lowest BCUT2D eigenvalue weighted by molar-refractivity contribution is -0.274. The van der Waals surface area contributed by atoms with Crippen molar-refractivity contribution < 1.29 is 32.2 Å². The topological polar surface area (TPSA) is 70.5 Å². The van der Waals surface area contributed by atoms with Gasteiger partial charge in [-0.2, -0.15) is 0 Å². The molecule has 122 valence electrons. The Morgan fingerprint density at radius 2 is 1.91 bits per heavy atom. The van der Waals surface area contributed by atoms with Gasteiger partial charge in [-0.3, -0.25) is 4.98 Å². The van der Waals surface area contributed by atoms with Gasteiger partial charge in [0.2, 0.25) is 0 Å². The molecule has 6 nitrogen and oxygen atoms in total. The first kappa shape index (κ1) is 16.5. The van der Waals surface area contributed by atoms with Crippen molar-refractivity contribution in [3.05, 3.63) is 36.3 Å². The monoisotopic (exact) mass is 328 g/mol. The summed E-state index contributed by atoms with van der Waals surface area (Å²) in [4.78, 5) is 19.2. The van der Waals surface area contributed by atoms with Crippen LogP contribution in [0.2, 0.25) is 0 Å². The third kappa shape index (κ3) is 4.09. The van der Waals surface area contributed by atoms with Gasteiger partial charge in [-0.05, 0) is 12.1 Å². The van der Waals surface area contributed by atoms with Crippen LogP contribution < -0.4 is 9.47 Å².